The van der Waals surface area contributed by atoms with Gasteiger partial charge in [-0.1, -0.05) is 19.3 Å². The number of alkyl halides is 2. The van der Waals surface area contributed by atoms with Crippen molar-refractivity contribution in [2.45, 2.75) is 43.7 Å². The topological polar surface area (TPSA) is 46.6 Å². The van der Waals surface area contributed by atoms with E-state index in [4.69, 9.17) is 0 Å². The molecule has 1 saturated carbocycles. The summed E-state index contributed by atoms with van der Waals surface area (Å²) in [5.74, 6) is 0. The van der Waals surface area contributed by atoms with Gasteiger partial charge < -0.3 is 9.90 Å². The van der Waals surface area contributed by atoms with Crippen LogP contribution in [0.5, 0.6) is 0 Å². The van der Waals surface area contributed by atoms with Crippen LogP contribution in [-0.2, 0) is 0 Å². The smallest absolute Gasteiger partial charge is 0.364 e. The van der Waals surface area contributed by atoms with Crippen molar-refractivity contribution in [1.29, 1.82) is 0 Å². The zero-order valence-electron chi connectivity index (χ0n) is 7.88. The summed E-state index contributed by atoms with van der Waals surface area (Å²) in [6, 6.07) is -3.68. The minimum absolute atomic E-state index is 0.0275. The van der Waals surface area contributed by atoms with Crippen LogP contribution in [0.1, 0.15) is 32.1 Å². The predicted octanol–water partition coefficient (Wildman–Crippen LogP) is 1.04. The Balaban J connectivity index is 2.25. The van der Waals surface area contributed by atoms with Crippen LogP contribution >= 0.6 is 0 Å². The molecule has 2 rings (SSSR count). The van der Waals surface area contributed by atoms with Crippen molar-refractivity contribution >= 4 is 6.09 Å². The molecule has 0 N–H and O–H groups in total. The molecule has 0 aromatic rings. The highest BCUT2D eigenvalue weighted by Crippen LogP contribution is 2.55. The molecule has 1 spiro atoms. The van der Waals surface area contributed by atoms with E-state index < -0.39 is 22.7 Å². The maximum atomic E-state index is 13.5. The molecule has 1 amide bonds. The van der Waals surface area contributed by atoms with Gasteiger partial charge >= 0.3 is 6.05 Å². The van der Waals surface area contributed by atoms with Crippen molar-refractivity contribution < 1.29 is 23.2 Å². The number of carbonyl (C=O) groups is 1. The Labute approximate surface area is 84.2 Å². The van der Waals surface area contributed by atoms with E-state index >= 15 is 0 Å². The zero-order valence-corrected chi connectivity index (χ0v) is 7.88. The second-order valence-corrected chi connectivity index (χ2v) is 3.97. The molecule has 0 unspecified atom stereocenters. The van der Waals surface area contributed by atoms with Gasteiger partial charge in [0.15, 0.2) is 11.6 Å². The summed E-state index contributed by atoms with van der Waals surface area (Å²) in [6.45, 7) is 0. The molecule has 0 radical (unpaired) electrons. The van der Waals surface area contributed by atoms with Crippen molar-refractivity contribution in [2.75, 3.05) is 0 Å². The third kappa shape index (κ3) is 1.09. The fourth-order valence-electron chi connectivity index (χ4n) is 2.37. The normalized spacial score (nSPS) is 28.9. The quantitative estimate of drug-likeness (QED) is 0.455. The molecule has 1 aliphatic carbocycles. The maximum absolute atomic E-state index is 13.5. The molecular weight excluding hydrogens is 213 g/mol. The molecule has 0 aromatic heterocycles. The van der Waals surface area contributed by atoms with Gasteiger partial charge in [0.2, 0.25) is 0 Å². The van der Waals surface area contributed by atoms with Crippen molar-refractivity contribution in [2.24, 2.45) is 0 Å². The third-order valence-corrected chi connectivity index (χ3v) is 3.21. The summed E-state index contributed by atoms with van der Waals surface area (Å²) < 4.78 is 40.3. The number of halogens is 3. The first-order chi connectivity index (χ1) is 6.93. The Morgan fingerprint density at radius 2 is 1.73 bits per heavy atom. The monoisotopic (exact) mass is 223 g/mol. The van der Waals surface area contributed by atoms with E-state index in [9.17, 15) is 23.2 Å². The molecule has 2 fully saturated rings. The Kier molecular flexibility index (Phi) is 2.11. The fraction of sp³-hybridized carbons (Fsp3) is 0.875. The van der Waals surface area contributed by atoms with E-state index in [0.717, 1.165) is 6.42 Å². The highest BCUT2D eigenvalue weighted by Gasteiger charge is 2.74. The van der Waals surface area contributed by atoms with Gasteiger partial charge in [-0.15, -0.1) is 4.48 Å². The van der Waals surface area contributed by atoms with Gasteiger partial charge in [0, 0.05) is 0 Å². The Bertz CT molecular complexity index is 292. The Morgan fingerprint density at radius 1 is 1.20 bits per heavy atom. The number of hydrogen-bond acceptors (Lipinski definition) is 3. The molecule has 0 bridgehead atoms. The highest BCUT2D eigenvalue weighted by atomic mass is 19.3. The van der Waals surface area contributed by atoms with Crippen LogP contribution < -0.4 is 5.11 Å². The van der Waals surface area contributed by atoms with Gasteiger partial charge in [-0.05, 0) is 18.1 Å². The molecule has 0 aromatic carbocycles. The van der Waals surface area contributed by atoms with Crippen LogP contribution in [0.25, 0.3) is 0 Å². The number of carbonyl (C=O) groups excluding carboxylic acids is 1. The van der Waals surface area contributed by atoms with Crippen LogP contribution in [0.3, 0.4) is 0 Å². The Morgan fingerprint density at radius 3 is 2.13 bits per heavy atom. The predicted molar refractivity (Wildman–Crippen MR) is 40.9 cm³/mol. The van der Waals surface area contributed by atoms with Gasteiger partial charge in [-0.2, -0.15) is 13.8 Å². The molecule has 86 valence electrons. The Hall–Kier alpha value is -0.980. The van der Waals surface area contributed by atoms with E-state index in [1.165, 1.54) is 0 Å². The van der Waals surface area contributed by atoms with Crippen molar-refractivity contribution in [1.82, 2.24) is 10.2 Å². The number of nitrogens with zero attached hydrogens (tertiary/aromatic N) is 2. The van der Waals surface area contributed by atoms with Gasteiger partial charge in [0.25, 0.3) is 0 Å². The molecule has 1 aliphatic heterocycles. The average molecular weight is 223 g/mol. The zero-order chi connectivity index (χ0) is 11.3. The summed E-state index contributed by atoms with van der Waals surface area (Å²) >= 11 is 0. The SMILES string of the molecule is O=C([O-])N1N(F)C2(CCCCC2)C1(F)F. The van der Waals surface area contributed by atoms with Gasteiger partial charge in [-0.3, -0.25) is 0 Å². The summed E-state index contributed by atoms with van der Waals surface area (Å²) in [5, 5.41) is 9.27. The number of hydrogen-bond donors (Lipinski definition) is 0. The molecule has 7 heteroatoms. The first-order valence-electron chi connectivity index (χ1n) is 4.78. The van der Waals surface area contributed by atoms with E-state index in [-0.39, 0.29) is 18.1 Å². The number of amides is 1. The van der Waals surface area contributed by atoms with Crippen LogP contribution in [0.15, 0.2) is 0 Å². The lowest BCUT2D eigenvalue weighted by molar-refractivity contribution is -0.489. The van der Waals surface area contributed by atoms with Gasteiger partial charge in [0.1, 0.15) is 0 Å². The van der Waals surface area contributed by atoms with E-state index in [2.05, 4.69) is 0 Å². The number of hydrazine groups is 1. The lowest BCUT2D eigenvalue weighted by atomic mass is 9.77. The maximum Gasteiger partial charge on any atom is 0.364 e. The summed E-state index contributed by atoms with van der Waals surface area (Å²) in [7, 11) is 0. The molecule has 0 atom stereocenters. The molecule has 15 heavy (non-hydrogen) atoms. The summed E-state index contributed by atoms with van der Waals surface area (Å²) in [6.07, 6.45) is -0.524. The lowest BCUT2D eigenvalue weighted by Crippen LogP contribution is -2.84. The lowest BCUT2D eigenvalue weighted by Gasteiger charge is -2.61. The first kappa shape index (κ1) is 10.5. The second kappa shape index (κ2) is 3.01. The minimum Gasteiger partial charge on any atom is -0.529 e. The molecule has 2 aliphatic rings. The van der Waals surface area contributed by atoms with Crippen LogP contribution in [0, 0.1) is 0 Å². The number of carboxylic acid groups (broad SMARTS) is 1. The van der Waals surface area contributed by atoms with E-state index in [1.54, 1.807) is 0 Å². The van der Waals surface area contributed by atoms with Gasteiger partial charge in [-0.25, -0.2) is 0 Å². The van der Waals surface area contributed by atoms with Crippen LogP contribution in [0.2, 0.25) is 0 Å². The van der Waals surface area contributed by atoms with Crippen LogP contribution in [-0.4, -0.2) is 27.9 Å². The van der Waals surface area contributed by atoms with Crippen LogP contribution in [0.4, 0.5) is 18.1 Å². The molecule has 1 heterocycles. The highest BCUT2D eigenvalue weighted by molar-refractivity contribution is 5.64. The average Bonchev–Trinajstić information content (AvgIpc) is 2.18. The first-order valence-corrected chi connectivity index (χ1v) is 4.78. The second-order valence-electron chi connectivity index (χ2n) is 3.97. The molecule has 1 saturated heterocycles. The minimum atomic E-state index is -3.68. The molecular formula is C8H10F3N2O2-. The summed E-state index contributed by atoms with van der Waals surface area (Å²) in [5.41, 5.74) is -1.95. The molecule has 4 nitrogen and oxygen atoms in total. The fourth-order valence-corrected chi connectivity index (χ4v) is 2.37. The van der Waals surface area contributed by atoms with Crippen molar-refractivity contribution in [3.05, 3.63) is 0 Å². The largest absolute Gasteiger partial charge is 0.529 e. The standard InChI is InChI=1S/C8H11F3N2O2/c9-8(10)7(4-2-1-3-5-7)13(11)12(8)6(14)15/h1-5H2,(H,14,15)/p-1. The number of rotatable bonds is 0. The van der Waals surface area contributed by atoms with Crippen molar-refractivity contribution in [3.8, 4) is 0 Å². The summed E-state index contributed by atoms with van der Waals surface area (Å²) in [4.78, 5) is 10.3. The van der Waals surface area contributed by atoms with E-state index in [0.29, 0.717) is 12.8 Å². The van der Waals surface area contributed by atoms with E-state index in [1.807, 2.05) is 0 Å². The van der Waals surface area contributed by atoms with Gasteiger partial charge in [0.05, 0.1) is 0 Å². The third-order valence-electron chi connectivity index (χ3n) is 3.21. The van der Waals surface area contributed by atoms with Crippen molar-refractivity contribution in [3.63, 3.8) is 0 Å².